The molecule has 2 heterocycles. The average molecular weight is 244 g/mol. The minimum absolute atomic E-state index is 0.00331. The molecule has 0 saturated carbocycles. The summed E-state index contributed by atoms with van der Waals surface area (Å²) in [5.41, 5.74) is 0.953. The van der Waals surface area contributed by atoms with Gasteiger partial charge in [0.15, 0.2) is 15.6 Å². The molecule has 3 nitrogen and oxygen atoms in total. The van der Waals surface area contributed by atoms with Crippen LogP contribution in [0.2, 0.25) is 0 Å². The number of Topliss-reactive ketones (excluding diaryl/α,β-unsaturated/α-hetero) is 1. The van der Waals surface area contributed by atoms with E-state index in [1.165, 1.54) is 11.3 Å². The van der Waals surface area contributed by atoms with Crippen molar-refractivity contribution in [2.45, 2.75) is 13.3 Å². The fourth-order valence-electron chi connectivity index (χ4n) is 1.81. The van der Waals surface area contributed by atoms with Gasteiger partial charge in [-0.3, -0.25) is 4.79 Å². The molecule has 15 heavy (non-hydrogen) atoms. The molecule has 0 spiro atoms. The molecule has 0 amide bonds. The third kappa shape index (κ3) is 2.13. The highest BCUT2D eigenvalue weighted by Gasteiger charge is 2.34. The molecule has 1 atom stereocenters. The van der Waals surface area contributed by atoms with Crippen LogP contribution in [-0.4, -0.2) is 25.7 Å². The molecule has 0 aliphatic carbocycles. The number of hydrogen-bond acceptors (Lipinski definition) is 4. The Morgan fingerprint density at radius 2 is 2.27 bits per heavy atom. The van der Waals surface area contributed by atoms with E-state index in [2.05, 4.69) is 0 Å². The van der Waals surface area contributed by atoms with E-state index in [0.29, 0.717) is 6.42 Å². The zero-order valence-corrected chi connectivity index (χ0v) is 10.0. The first-order valence-electron chi connectivity index (χ1n) is 4.78. The highest BCUT2D eigenvalue weighted by atomic mass is 32.2. The molecule has 1 saturated heterocycles. The fourth-order valence-corrected chi connectivity index (χ4v) is 4.50. The second-order valence-corrected chi connectivity index (χ2v) is 7.04. The van der Waals surface area contributed by atoms with Crippen LogP contribution < -0.4 is 0 Å². The van der Waals surface area contributed by atoms with E-state index in [-0.39, 0.29) is 23.2 Å². The molecule has 0 N–H and O–H groups in total. The molecule has 1 aliphatic rings. The number of thiophene rings is 1. The van der Waals surface area contributed by atoms with Gasteiger partial charge in [0.25, 0.3) is 0 Å². The topological polar surface area (TPSA) is 51.2 Å². The summed E-state index contributed by atoms with van der Waals surface area (Å²) in [5.74, 6) is -0.118. The van der Waals surface area contributed by atoms with Crippen LogP contribution in [0.1, 0.15) is 21.7 Å². The van der Waals surface area contributed by atoms with Gasteiger partial charge >= 0.3 is 0 Å². The Morgan fingerprint density at radius 1 is 1.53 bits per heavy atom. The lowest BCUT2D eigenvalue weighted by Crippen LogP contribution is -2.15. The Labute approximate surface area is 93.0 Å². The van der Waals surface area contributed by atoms with E-state index in [1.807, 2.05) is 18.4 Å². The van der Waals surface area contributed by atoms with Gasteiger partial charge < -0.3 is 0 Å². The minimum atomic E-state index is -2.96. The van der Waals surface area contributed by atoms with Gasteiger partial charge in [-0.1, -0.05) is 0 Å². The van der Waals surface area contributed by atoms with Gasteiger partial charge in [-0.05, 0) is 30.4 Å². The van der Waals surface area contributed by atoms with Gasteiger partial charge in [0, 0.05) is 5.92 Å². The van der Waals surface area contributed by atoms with Crippen molar-refractivity contribution >= 4 is 27.0 Å². The third-order valence-corrected chi connectivity index (χ3v) is 5.49. The number of carbonyl (C=O) groups is 1. The first kappa shape index (κ1) is 10.8. The number of aryl methyl sites for hydroxylation is 1. The van der Waals surface area contributed by atoms with Crippen LogP contribution in [0.4, 0.5) is 0 Å². The Kier molecular flexibility index (Phi) is 2.68. The van der Waals surface area contributed by atoms with Crippen LogP contribution >= 0.6 is 11.3 Å². The van der Waals surface area contributed by atoms with Gasteiger partial charge in [-0.25, -0.2) is 8.42 Å². The standard InChI is InChI=1S/C10H12O3S2/c1-7-2-4-14-10(7)9(11)8-3-5-15(12,13)6-8/h2,4,8H,3,5-6H2,1H3. The molecule has 5 heteroatoms. The predicted octanol–water partition coefficient (Wildman–Crippen LogP) is 1.67. The smallest absolute Gasteiger partial charge is 0.177 e. The van der Waals surface area contributed by atoms with Crippen molar-refractivity contribution in [2.75, 3.05) is 11.5 Å². The second kappa shape index (κ2) is 3.72. The fraction of sp³-hybridized carbons (Fsp3) is 0.500. The second-order valence-electron chi connectivity index (χ2n) is 3.90. The van der Waals surface area contributed by atoms with E-state index in [4.69, 9.17) is 0 Å². The number of carbonyl (C=O) groups excluding carboxylic acids is 1. The number of hydrogen-bond donors (Lipinski definition) is 0. The molecule has 2 rings (SSSR count). The molecule has 0 radical (unpaired) electrons. The first-order valence-corrected chi connectivity index (χ1v) is 7.48. The molecule has 1 unspecified atom stereocenters. The van der Waals surface area contributed by atoms with Crippen molar-refractivity contribution in [3.8, 4) is 0 Å². The van der Waals surface area contributed by atoms with Crippen molar-refractivity contribution in [3.05, 3.63) is 21.9 Å². The van der Waals surface area contributed by atoms with E-state index < -0.39 is 9.84 Å². The number of ketones is 1. The Balaban J connectivity index is 2.21. The SMILES string of the molecule is Cc1ccsc1C(=O)C1CCS(=O)(=O)C1. The minimum Gasteiger partial charge on any atom is -0.293 e. The molecule has 1 fully saturated rings. The van der Waals surface area contributed by atoms with Crippen molar-refractivity contribution < 1.29 is 13.2 Å². The van der Waals surface area contributed by atoms with Crippen LogP contribution in [0.15, 0.2) is 11.4 Å². The van der Waals surface area contributed by atoms with Gasteiger partial charge in [-0.15, -0.1) is 11.3 Å². The molecule has 1 aliphatic heterocycles. The summed E-state index contributed by atoms with van der Waals surface area (Å²) in [6.45, 7) is 1.88. The average Bonchev–Trinajstić information content (AvgIpc) is 2.71. The van der Waals surface area contributed by atoms with Crippen molar-refractivity contribution in [3.63, 3.8) is 0 Å². The van der Waals surface area contributed by atoms with Gasteiger partial charge in [0.05, 0.1) is 16.4 Å². The van der Waals surface area contributed by atoms with E-state index in [0.717, 1.165) is 10.4 Å². The molecular weight excluding hydrogens is 232 g/mol. The van der Waals surface area contributed by atoms with Gasteiger partial charge in [0.2, 0.25) is 0 Å². The van der Waals surface area contributed by atoms with Crippen molar-refractivity contribution in [1.29, 1.82) is 0 Å². The van der Waals surface area contributed by atoms with Crippen LogP contribution in [0.5, 0.6) is 0 Å². The highest BCUT2D eigenvalue weighted by Crippen LogP contribution is 2.26. The summed E-state index contributed by atoms with van der Waals surface area (Å²) in [6.07, 6.45) is 0.485. The molecule has 0 bridgehead atoms. The van der Waals surface area contributed by atoms with Crippen LogP contribution in [0.3, 0.4) is 0 Å². The zero-order chi connectivity index (χ0) is 11.1. The van der Waals surface area contributed by atoms with Crippen LogP contribution in [0, 0.1) is 12.8 Å². The maximum absolute atomic E-state index is 12.0. The zero-order valence-electron chi connectivity index (χ0n) is 8.39. The van der Waals surface area contributed by atoms with Crippen LogP contribution in [0.25, 0.3) is 0 Å². The summed E-state index contributed by atoms with van der Waals surface area (Å²) in [7, 11) is -2.96. The maximum Gasteiger partial charge on any atom is 0.177 e. The summed E-state index contributed by atoms with van der Waals surface area (Å²) < 4.78 is 22.5. The summed E-state index contributed by atoms with van der Waals surface area (Å²) in [4.78, 5) is 12.7. The third-order valence-electron chi connectivity index (χ3n) is 2.69. The lowest BCUT2D eigenvalue weighted by molar-refractivity contribution is 0.0937. The monoisotopic (exact) mass is 244 g/mol. The van der Waals surface area contributed by atoms with Gasteiger partial charge in [0.1, 0.15) is 0 Å². The van der Waals surface area contributed by atoms with Gasteiger partial charge in [-0.2, -0.15) is 0 Å². The van der Waals surface area contributed by atoms with E-state index in [1.54, 1.807) is 0 Å². The predicted molar refractivity (Wildman–Crippen MR) is 60.1 cm³/mol. The lowest BCUT2D eigenvalue weighted by atomic mass is 10.0. The Hall–Kier alpha value is -0.680. The molecule has 1 aromatic rings. The molecular formula is C10H12O3S2. The summed E-state index contributed by atoms with van der Waals surface area (Å²) in [5, 5.41) is 1.87. The molecule has 1 aromatic heterocycles. The van der Waals surface area contributed by atoms with Crippen molar-refractivity contribution in [1.82, 2.24) is 0 Å². The lowest BCUT2D eigenvalue weighted by Gasteiger charge is -2.04. The quantitative estimate of drug-likeness (QED) is 0.744. The molecule has 0 aromatic carbocycles. The Bertz CT molecular complexity index is 485. The molecule has 82 valence electrons. The Morgan fingerprint density at radius 3 is 2.73 bits per heavy atom. The first-order chi connectivity index (χ1) is 6.99. The van der Waals surface area contributed by atoms with Crippen molar-refractivity contribution in [2.24, 2.45) is 5.92 Å². The number of rotatable bonds is 2. The maximum atomic E-state index is 12.0. The summed E-state index contributed by atoms with van der Waals surface area (Å²) >= 11 is 1.40. The van der Waals surface area contributed by atoms with E-state index in [9.17, 15) is 13.2 Å². The highest BCUT2D eigenvalue weighted by molar-refractivity contribution is 7.91. The van der Waals surface area contributed by atoms with E-state index >= 15 is 0 Å². The normalized spacial score (nSPS) is 24.2. The largest absolute Gasteiger partial charge is 0.293 e. The summed E-state index contributed by atoms with van der Waals surface area (Å²) in [6, 6.07) is 1.89. The number of sulfone groups is 1. The van der Waals surface area contributed by atoms with Crippen LogP contribution in [-0.2, 0) is 9.84 Å².